The molecule has 52 heavy (non-hydrogen) atoms. The summed E-state index contributed by atoms with van der Waals surface area (Å²) >= 11 is 5.86. The molecule has 0 saturated carbocycles. The van der Waals surface area contributed by atoms with Crippen LogP contribution in [0.15, 0.2) is 113 Å². The molecule has 0 aromatic heterocycles. The van der Waals surface area contributed by atoms with Crippen molar-refractivity contribution in [2.24, 2.45) is 5.73 Å². The zero-order chi connectivity index (χ0) is 39.2. The van der Waals surface area contributed by atoms with Crippen LogP contribution in [0.2, 0.25) is 5.02 Å². The molecule has 0 spiro atoms. The number of carbonyl (C=O) groups excluding carboxylic acids is 1. The zero-order valence-corrected chi connectivity index (χ0v) is 30.9. The lowest BCUT2D eigenvalue weighted by Gasteiger charge is -2.23. The number of aryl methyl sites for hydroxylation is 1. The molecule has 266 valence electrons. The van der Waals surface area contributed by atoms with E-state index < -0.39 is 5.91 Å². The molecule has 0 aliphatic rings. The number of allylic oxidation sites excluding steroid dienone is 2. The molecule has 0 atom stereocenters. The van der Waals surface area contributed by atoms with Gasteiger partial charge >= 0.3 is 11.4 Å². The molecular formula is C38H41ClN12O. The summed E-state index contributed by atoms with van der Waals surface area (Å²) in [6.07, 6.45) is 0. The number of halogens is 1. The van der Waals surface area contributed by atoms with Crippen molar-refractivity contribution in [2.45, 2.75) is 13.8 Å². The SMILES string of the molecule is [C-]#[N+]/C(C#N)=C(/NCC)N(C)c1ccccc1.[C-]#[N+]/C(C#N)=C(\Nc1ccc(C)cc1)N(C)C.[C-]#[N+]/C(C(N)=O)=C(\Nc1cccc(Cl)c1)N(C)C. The predicted molar refractivity (Wildman–Crippen MR) is 207 cm³/mol. The maximum atomic E-state index is 11.2. The van der Waals surface area contributed by atoms with Gasteiger partial charge in [-0.05, 0) is 56.3 Å². The van der Waals surface area contributed by atoms with Crippen LogP contribution in [0.1, 0.15) is 12.5 Å². The van der Waals surface area contributed by atoms with Crippen molar-refractivity contribution in [2.75, 3.05) is 57.3 Å². The summed E-state index contributed by atoms with van der Waals surface area (Å²) in [4.78, 5) is 25.9. The van der Waals surface area contributed by atoms with Gasteiger partial charge in [0.15, 0.2) is 0 Å². The van der Waals surface area contributed by atoms with Crippen LogP contribution in [0.5, 0.6) is 0 Å². The van der Waals surface area contributed by atoms with Gasteiger partial charge in [-0.15, -0.1) is 0 Å². The third kappa shape index (κ3) is 13.8. The van der Waals surface area contributed by atoms with Gasteiger partial charge in [-0.3, -0.25) is 4.79 Å². The van der Waals surface area contributed by atoms with E-state index in [0.29, 0.717) is 34.7 Å². The van der Waals surface area contributed by atoms with Gasteiger partial charge in [0, 0.05) is 63.9 Å². The highest BCUT2D eigenvalue weighted by atomic mass is 35.5. The van der Waals surface area contributed by atoms with Crippen LogP contribution in [-0.2, 0) is 4.79 Å². The second-order valence-electron chi connectivity index (χ2n) is 10.9. The van der Waals surface area contributed by atoms with Crippen LogP contribution in [0.3, 0.4) is 0 Å². The highest BCUT2D eigenvalue weighted by Crippen LogP contribution is 2.20. The Morgan fingerprint density at radius 3 is 1.75 bits per heavy atom. The van der Waals surface area contributed by atoms with Gasteiger partial charge in [-0.25, -0.2) is 25.1 Å². The average Bonchev–Trinajstić information content (AvgIpc) is 3.13. The van der Waals surface area contributed by atoms with Crippen molar-refractivity contribution >= 4 is 34.6 Å². The Morgan fingerprint density at radius 1 is 0.769 bits per heavy atom. The number of amides is 1. The molecule has 0 saturated heterocycles. The second kappa shape index (κ2) is 22.5. The van der Waals surface area contributed by atoms with E-state index in [-0.39, 0.29) is 17.1 Å². The number of nitrogens with two attached hydrogens (primary N) is 1. The van der Waals surface area contributed by atoms with Crippen LogP contribution < -0.4 is 26.6 Å². The van der Waals surface area contributed by atoms with Gasteiger partial charge in [0.2, 0.25) is 0 Å². The molecule has 0 radical (unpaired) electrons. The fourth-order valence-electron chi connectivity index (χ4n) is 4.04. The van der Waals surface area contributed by atoms with Gasteiger partial charge in [0.1, 0.15) is 17.5 Å². The molecule has 3 rings (SSSR count). The molecule has 0 bridgehead atoms. The second-order valence-corrected chi connectivity index (χ2v) is 11.3. The zero-order valence-electron chi connectivity index (χ0n) is 30.2. The standard InChI is InChI=1S/2C13H14N4.C12H13ClN4O/c1-10-5-7-11(8-6-10)16-13(17(3)4)12(9-14)15-2;1-4-16-13(12(10-14)15-2)17(3)11-8-6-5-7-9-11;1-15-10(11(14)18)12(17(2)3)16-9-6-4-5-8(13)7-9/h5-8,16H,1,3-4H3;5-9,16H,4H2,1,3H3;4-7,16H,2-3H3,(H2,14,18)/b13-12+;13-12-;12-10+. The van der Waals surface area contributed by atoms with Crippen molar-refractivity contribution in [3.63, 3.8) is 0 Å². The van der Waals surface area contributed by atoms with E-state index >= 15 is 0 Å². The van der Waals surface area contributed by atoms with Gasteiger partial charge in [-0.2, -0.15) is 0 Å². The fourth-order valence-corrected chi connectivity index (χ4v) is 4.23. The summed E-state index contributed by atoms with van der Waals surface area (Å²) in [5.41, 5.74) is 8.76. The van der Waals surface area contributed by atoms with Crippen molar-refractivity contribution in [1.29, 1.82) is 10.5 Å². The van der Waals surface area contributed by atoms with E-state index in [9.17, 15) is 4.79 Å². The third-order valence-electron chi connectivity index (χ3n) is 6.57. The third-order valence-corrected chi connectivity index (χ3v) is 6.81. The minimum absolute atomic E-state index is 0.0515. The first-order valence-corrected chi connectivity index (χ1v) is 15.8. The Hall–Kier alpha value is -7.11. The largest absolute Gasteiger partial charge is 0.380 e. The molecule has 13 nitrogen and oxygen atoms in total. The molecule has 0 fully saturated rings. The quantitative estimate of drug-likeness (QED) is 0.0954. The predicted octanol–water partition coefficient (Wildman–Crippen LogP) is 6.81. The minimum Gasteiger partial charge on any atom is -0.380 e. The Balaban J connectivity index is 0.000000390. The Labute approximate surface area is 311 Å². The van der Waals surface area contributed by atoms with E-state index in [4.69, 9.17) is 47.6 Å². The number of hydrogen-bond donors (Lipinski definition) is 4. The lowest BCUT2D eigenvalue weighted by molar-refractivity contribution is -0.114. The first kappa shape index (κ1) is 42.9. The maximum Gasteiger partial charge on any atom is 0.300 e. The topological polar surface area (TPSA) is 150 Å². The number of benzene rings is 3. The summed E-state index contributed by atoms with van der Waals surface area (Å²) in [6, 6.07) is 28.1. The van der Waals surface area contributed by atoms with Crippen LogP contribution in [0, 0.1) is 49.3 Å². The number of nitrogens with zero attached hydrogens (tertiary/aromatic N) is 8. The van der Waals surface area contributed by atoms with Crippen molar-refractivity contribution in [3.8, 4) is 12.1 Å². The Bertz CT molecular complexity index is 1930. The van der Waals surface area contributed by atoms with Crippen molar-refractivity contribution in [1.82, 2.24) is 15.1 Å². The highest BCUT2D eigenvalue weighted by Gasteiger charge is 2.16. The summed E-state index contributed by atoms with van der Waals surface area (Å²) in [6.45, 7) is 25.6. The number of rotatable bonds is 11. The van der Waals surface area contributed by atoms with E-state index in [2.05, 4.69) is 30.5 Å². The molecule has 3 aromatic rings. The van der Waals surface area contributed by atoms with Crippen molar-refractivity contribution in [3.05, 3.63) is 158 Å². The number of nitriles is 2. The summed E-state index contributed by atoms with van der Waals surface area (Å²) in [5.74, 6) is 0.602. The van der Waals surface area contributed by atoms with Gasteiger partial charge in [0.25, 0.3) is 11.6 Å². The molecule has 0 aliphatic heterocycles. The number of para-hydroxylation sites is 1. The van der Waals surface area contributed by atoms with Crippen LogP contribution >= 0.6 is 11.6 Å². The first-order valence-electron chi connectivity index (χ1n) is 15.5. The van der Waals surface area contributed by atoms with E-state index in [1.807, 2.05) is 87.6 Å². The van der Waals surface area contributed by atoms with Gasteiger partial charge in [0.05, 0.1) is 31.9 Å². The van der Waals surface area contributed by atoms with Gasteiger partial charge in [-0.1, -0.05) is 53.6 Å². The van der Waals surface area contributed by atoms with E-state index in [0.717, 1.165) is 16.9 Å². The molecule has 0 heterocycles. The molecule has 0 aliphatic carbocycles. The molecule has 5 N–H and O–H groups in total. The van der Waals surface area contributed by atoms with Gasteiger partial charge < -0.3 is 36.4 Å². The lowest BCUT2D eigenvalue weighted by Crippen LogP contribution is -2.29. The minimum atomic E-state index is -0.775. The summed E-state index contributed by atoms with van der Waals surface area (Å²) in [5, 5.41) is 27.5. The van der Waals surface area contributed by atoms with Crippen molar-refractivity contribution < 1.29 is 4.79 Å². The maximum absolute atomic E-state index is 11.2. The fraction of sp³-hybridized carbons (Fsp3) is 0.211. The highest BCUT2D eigenvalue weighted by molar-refractivity contribution is 6.30. The first-order chi connectivity index (χ1) is 24.8. The Kier molecular flexibility index (Phi) is 18.6. The molecule has 1 amide bonds. The number of nitrogens with one attached hydrogen (secondary N) is 3. The van der Waals surface area contributed by atoms with Crippen LogP contribution in [0.25, 0.3) is 14.5 Å². The number of carbonyl (C=O) groups is 1. The lowest BCUT2D eigenvalue weighted by atomic mass is 10.2. The van der Waals surface area contributed by atoms with E-state index in [1.54, 1.807) is 67.2 Å². The van der Waals surface area contributed by atoms with E-state index in [1.165, 1.54) is 0 Å². The summed E-state index contributed by atoms with van der Waals surface area (Å²) in [7, 11) is 8.83. The molecule has 0 unspecified atom stereocenters. The average molecular weight is 717 g/mol. The molecule has 14 heteroatoms. The number of primary amides is 1. The summed E-state index contributed by atoms with van der Waals surface area (Å²) < 4.78 is 0. The number of hydrogen-bond acceptors (Lipinski definition) is 9. The smallest absolute Gasteiger partial charge is 0.300 e. The Morgan fingerprint density at radius 2 is 1.31 bits per heavy atom. The normalized spacial score (nSPS) is 11.0. The van der Waals surface area contributed by atoms with Crippen LogP contribution in [0.4, 0.5) is 17.1 Å². The molecule has 3 aromatic carbocycles. The number of anilines is 3. The monoisotopic (exact) mass is 716 g/mol. The van der Waals surface area contributed by atoms with Crippen LogP contribution in [-0.4, -0.2) is 57.5 Å². The molecular weight excluding hydrogens is 676 g/mol.